The zero-order chi connectivity index (χ0) is 36.6. The Labute approximate surface area is 280 Å². The summed E-state index contributed by atoms with van der Waals surface area (Å²) in [5, 5.41) is 0.930. The molecule has 272 valence electrons. The third-order valence-corrected chi connectivity index (χ3v) is 12.6. The predicted octanol–water partition coefficient (Wildman–Crippen LogP) is 15.4. The molecule has 0 radical (unpaired) electrons. The maximum absolute atomic E-state index is 10.7. The molecule has 2 aliphatic heterocycles. The van der Waals surface area contributed by atoms with Crippen molar-refractivity contribution in [3.63, 3.8) is 0 Å². The van der Waals surface area contributed by atoms with Gasteiger partial charge in [0.05, 0.1) is 21.8 Å². The number of fused-ring (bicyclic) bond motifs is 4. The van der Waals surface area contributed by atoms with E-state index in [1.54, 1.807) is 0 Å². The fourth-order valence-electron chi connectivity index (χ4n) is 5.17. The number of rotatable bonds is 6. The topological polar surface area (TPSA) is 18.5 Å². The standard InChI is InChI=1S/C31H30O2S2.2F6P/c1-3-4-17-27(35-30-20-11-7-15-25(30)33-26-16-8-12-21-31(26)35)22(2)34-28-18-9-5-13-23(28)32-24-14-6-10-19-29(24)34;2*1-7(2,3,4,5)6/h5-16,18-22,27H,3-4,17H2,1-2H3;;/q+2;2*-1/t22-,27+;;/m0../s1. The van der Waals surface area contributed by atoms with Crippen molar-refractivity contribution in [3.8, 4) is 23.0 Å². The average molecular weight is 789 g/mol. The molecular weight excluding hydrogens is 758 g/mol. The van der Waals surface area contributed by atoms with Crippen LogP contribution < -0.4 is 9.47 Å². The molecule has 0 amide bonds. The first-order valence-corrected chi connectivity index (χ1v) is 21.1. The van der Waals surface area contributed by atoms with E-state index >= 15 is 0 Å². The summed E-state index contributed by atoms with van der Waals surface area (Å²) in [6.45, 7) is 4.79. The number of para-hydroxylation sites is 4. The summed E-state index contributed by atoms with van der Waals surface area (Å²) in [5.74, 6) is 4.04. The summed E-state index contributed by atoms with van der Waals surface area (Å²) >= 11 is 0. The van der Waals surface area contributed by atoms with Gasteiger partial charge in [0.1, 0.15) is 0 Å². The predicted molar refractivity (Wildman–Crippen MR) is 174 cm³/mol. The van der Waals surface area contributed by atoms with Crippen LogP contribution in [0.25, 0.3) is 0 Å². The summed E-state index contributed by atoms with van der Waals surface area (Å²) in [5.41, 5.74) is 0. The van der Waals surface area contributed by atoms with Crippen molar-refractivity contribution in [1.82, 2.24) is 0 Å². The summed E-state index contributed by atoms with van der Waals surface area (Å²) in [7, 11) is -21.5. The van der Waals surface area contributed by atoms with Crippen molar-refractivity contribution in [1.29, 1.82) is 0 Å². The van der Waals surface area contributed by atoms with Crippen molar-refractivity contribution >= 4 is 37.4 Å². The second-order valence-electron chi connectivity index (χ2n) is 11.0. The minimum absolute atomic E-state index is 0.0780. The Morgan fingerprint density at radius 2 is 0.755 bits per heavy atom. The quantitative estimate of drug-likeness (QED) is 0.110. The molecule has 2 heterocycles. The Morgan fingerprint density at radius 3 is 1.04 bits per heavy atom. The molecule has 4 aromatic rings. The molecule has 2 atom stereocenters. The first kappa shape index (κ1) is 39.0. The molecule has 0 aliphatic carbocycles. The number of benzene rings is 4. The van der Waals surface area contributed by atoms with Gasteiger partial charge in [0.15, 0.2) is 33.5 Å². The monoisotopic (exact) mass is 788 g/mol. The molecule has 0 fully saturated rings. The molecule has 0 N–H and O–H groups in total. The Kier molecular flexibility index (Phi) is 9.91. The van der Waals surface area contributed by atoms with Gasteiger partial charge in [0.25, 0.3) is 0 Å². The van der Waals surface area contributed by atoms with Crippen LogP contribution in [-0.4, -0.2) is 10.5 Å². The van der Waals surface area contributed by atoms with E-state index in [9.17, 15) is 50.4 Å². The zero-order valence-electron chi connectivity index (χ0n) is 25.6. The molecule has 0 saturated carbocycles. The van der Waals surface area contributed by atoms with Crippen molar-refractivity contribution in [2.45, 2.75) is 63.2 Å². The third kappa shape index (κ3) is 12.8. The Balaban J connectivity index is 0.000000327. The molecule has 0 spiro atoms. The van der Waals surface area contributed by atoms with Gasteiger partial charge in [-0.25, -0.2) is 0 Å². The van der Waals surface area contributed by atoms with Crippen molar-refractivity contribution in [2.75, 3.05) is 0 Å². The zero-order valence-corrected chi connectivity index (χ0v) is 29.0. The van der Waals surface area contributed by atoms with Gasteiger partial charge in [-0.1, -0.05) is 61.9 Å². The van der Waals surface area contributed by atoms with Gasteiger partial charge in [0, 0.05) is 6.42 Å². The van der Waals surface area contributed by atoms with Crippen LogP contribution in [0, 0.1) is 0 Å². The summed E-state index contributed by atoms with van der Waals surface area (Å²) in [6.07, 6.45) is 3.61. The molecule has 18 heteroatoms. The van der Waals surface area contributed by atoms with E-state index in [0.717, 1.165) is 23.0 Å². The van der Waals surface area contributed by atoms with Crippen molar-refractivity contribution in [2.24, 2.45) is 0 Å². The molecule has 2 aliphatic rings. The molecule has 0 bridgehead atoms. The molecule has 49 heavy (non-hydrogen) atoms. The number of ether oxygens (including phenoxy) is 2. The number of hydrogen-bond acceptors (Lipinski definition) is 2. The first-order chi connectivity index (χ1) is 22.2. The van der Waals surface area contributed by atoms with Crippen LogP contribution in [0.5, 0.6) is 23.0 Å². The normalized spacial score (nSPS) is 18.1. The maximum atomic E-state index is 9.87. The van der Waals surface area contributed by atoms with Crippen LogP contribution in [0.15, 0.2) is 117 Å². The molecular formula is C31H30F12O2P2S2. The van der Waals surface area contributed by atoms with E-state index in [1.165, 1.54) is 38.8 Å². The van der Waals surface area contributed by atoms with Gasteiger partial charge >= 0.3 is 66.0 Å². The SMILES string of the molecule is CCCC[C@H]([C@H](C)[S+]1c2ccccc2Oc2ccccc21)[S+]1c2ccccc2Oc2ccccc21.F[P-](F)(F)(F)(F)F.F[P-](F)(F)(F)(F)F. The Morgan fingerprint density at radius 1 is 0.490 bits per heavy atom. The third-order valence-electron chi connectivity index (χ3n) is 6.82. The van der Waals surface area contributed by atoms with E-state index in [2.05, 4.69) is 111 Å². The van der Waals surface area contributed by atoms with Crippen LogP contribution in [0.4, 0.5) is 50.4 Å². The fraction of sp³-hybridized carbons (Fsp3) is 0.226. The first-order valence-electron chi connectivity index (χ1n) is 14.5. The molecule has 2 nitrogen and oxygen atoms in total. The van der Waals surface area contributed by atoms with Gasteiger partial charge in [-0.2, -0.15) is 0 Å². The second kappa shape index (κ2) is 12.5. The van der Waals surface area contributed by atoms with Gasteiger partial charge in [-0.15, -0.1) is 0 Å². The Bertz CT molecular complexity index is 1660. The van der Waals surface area contributed by atoms with E-state index in [-0.39, 0.29) is 21.8 Å². The molecule has 0 saturated heterocycles. The van der Waals surface area contributed by atoms with Gasteiger partial charge < -0.3 is 9.47 Å². The van der Waals surface area contributed by atoms with Crippen LogP contribution >= 0.6 is 15.6 Å². The fourth-order valence-corrected chi connectivity index (χ4v) is 11.2. The summed E-state index contributed by atoms with van der Waals surface area (Å²) < 4.78 is 131. The van der Waals surface area contributed by atoms with Crippen LogP contribution in [0.1, 0.15) is 33.1 Å². The molecule has 4 aromatic carbocycles. The van der Waals surface area contributed by atoms with Gasteiger partial charge in [-0.3, -0.25) is 0 Å². The van der Waals surface area contributed by atoms with Crippen molar-refractivity contribution < 1.29 is 59.8 Å². The molecule has 0 aromatic heterocycles. The average Bonchev–Trinajstić information content (AvgIpc) is 2.96. The van der Waals surface area contributed by atoms with Gasteiger partial charge in [-0.05, 0) is 61.9 Å². The van der Waals surface area contributed by atoms with E-state index in [0.29, 0.717) is 10.5 Å². The van der Waals surface area contributed by atoms with Crippen LogP contribution in [0.2, 0.25) is 0 Å². The number of unbranched alkanes of at least 4 members (excludes halogenated alkanes) is 1. The minimum atomic E-state index is -10.7. The Hall–Kier alpha value is -2.80. The number of hydrogen-bond donors (Lipinski definition) is 0. The molecule has 0 unspecified atom stereocenters. The summed E-state index contributed by atoms with van der Waals surface area (Å²) in [6, 6.07) is 34.6. The summed E-state index contributed by atoms with van der Waals surface area (Å²) in [4.78, 5) is 5.35. The van der Waals surface area contributed by atoms with Crippen LogP contribution in [0.3, 0.4) is 0 Å². The molecule has 6 rings (SSSR count). The van der Waals surface area contributed by atoms with Crippen LogP contribution in [-0.2, 0) is 21.8 Å². The number of halogens is 12. The van der Waals surface area contributed by atoms with E-state index in [4.69, 9.17) is 9.47 Å². The van der Waals surface area contributed by atoms with E-state index < -0.39 is 15.6 Å². The van der Waals surface area contributed by atoms with Gasteiger partial charge in [0.2, 0.25) is 19.6 Å². The second-order valence-corrected chi connectivity index (χ2v) is 19.3. The van der Waals surface area contributed by atoms with E-state index in [1.807, 2.05) is 0 Å². The van der Waals surface area contributed by atoms with Crippen molar-refractivity contribution in [3.05, 3.63) is 97.1 Å².